The van der Waals surface area contributed by atoms with Gasteiger partial charge < -0.3 is 33.8 Å². The van der Waals surface area contributed by atoms with Crippen LogP contribution in [0.1, 0.15) is 394 Å². The second-order valence-corrected chi connectivity index (χ2v) is 29.6. The van der Waals surface area contributed by atoms with Crippen LogP contribution >= 0.6 is 15.6 Å². The van der Waals surface area contributed by atoms with Crippen molar-refractivity contribution in [1.29, 1.82) is 0 Å². The summed E-state index contributed by atoms with van der Waals surface area (Å²) in [7, 11) is -9.90. The maximum Gasteiger partial charge on any atom is 0.472 e. The van der Waals surface area contributed by atoms with E-state index in [0.29, 0.717) is 25.7 Å². The number of hydrogen-bond donors (Lipinski definition) is 3. The molecule has 2 unspecified atom stereocenters. The molecule has 0 aromatic rings. The minimum Gasteiger partial charge on any atom is -0.462 e. The highest BCUT2D eigenvalue weighted by atomic mass is 31.2. The summed E-state index contributed by atoms with van der Waals surface area (Å²) in [6, 6.07) is 0. The number of carbonyl (C=O) groups excluding carboxylic acids is 4. The van der Waals surface area contributed by atoms with Crippen LogP contribution < -0.4 is 0 Å². The summed E-state index contributed by atoms with van der Waals surface area (Å²) < 4.78 is 68.4. The van der Waals surface area contributed by atoms with Crippen molar-refractivity contribution in [2.24, 2.45) is 0 Å². The predicted octanol–water partition coefficient (Wildman–Crippen LogP) is 21.8. The molecular weight excluding hydrogens is 1220 g/mol. The summed E-state index contributed by atoms with van der Waals surface area (Å²) in [6.07, 6.45) is 58.2. The number of unbranched alkanes of at least 4 members (excludes halogenated alkanes) is 49. The van der Waals surface area contributed by atoms with Gasteiger partial charge in [0.25, 0.3) is 0 Å². The average Bonchev–Trinajstić information content (AvgIpc) is 2.29. The van der Waals surface area contributed by atoms with E-state index in [1.54, 1.807) is 0 Å². The third-order valence-corrected chi connectivity index (χ3v) is 19.3. The van der Waals surface area contributed by atoms with Crippen LogP contribution in [0.15, 0.2) is 0 Å². The number of phosphoric ester groups is 2. The minimum absolute atomic E-state index is 0.107. The molecule has 17 nitrogen and oxygen atoms in total. The monoisotopic (exact) mass is 1370 g/mol. The lowest BCUT2D eigenvalue weighted by Crippen LogP contribution is -2.30. The van der Waals surface area contributed by atoms with Gasteiger partial charge in [0.1, 0.15) is 19.3 Å². The second kappa shape index (κ2) is 68.6. The molecule has 0 aromatic heterocycles. The SMILES string of the molecule is CCCCCCCCCCCCCCCCCCCC(=O)OC[C@H](COP(=O)(O)OC[C@@H](O)COP(=O)(O)OC[C@@H](COC(=O)CCCCCCCCCCC)OC(=O)CCCCCCCCCCCC)OC(=O)CCCCCCCCCCCCCCCCCCC. The molecule has 93 heavy (non-hydrogen) atoms. The standard InChI is InChI=1S/C74H144O17P2/c1-5-9-13-17-21-25-28-30-32-34-36-38-40-44-47-51-55-59-72(77)85-65-70(91-74(79)61-57-53-49-45-41-39-37-35-33-31-29-26-22-18-14-10-6-2)67-89-93(82,83)87-63-68(75)62-86-92(80,81)88-66-69(64-84-71(76)58-54-50-46-42-24-20-16-12-8-4)90-73(78)60-56-52-48-43-27-23-19-15-11-7-3/h68-70,75H,5-67H2,1-4H3,(H,80,81)(H,82,83)/t68-,69+,70+/m0/s1. The number of rotatable bonds is 75. The van der Waals surface area contributed by atoms with E-state index in [1.807, 2.05) is 0 Å². The zero-order valence-electron chi connectivity index (χ0n) is 60.2. The van der Waals surface area contributed by atoms with Gasteiger partial charge in [-0.1, -0.05) is 342 Å². The van der Waals surface area contributed by atoms with Gasteiger partial charge in [-0.25, -0.2) is 9.13 Å². The molecular formula is C74H144O17P2. The minimum atomic E-state index is -4.95. The summed E-state index contributed by atoms with van der Waals surface area (Å²) in [5, 5.41) is 10.6. The molecule has 0 saturated carbocycles. The Labute approximate surface area is 568 Å². The van der Waals surface area contributed by atoms with Gasteiger partial charge in [0, 0.05) is 25.7 Å². The van der Waals surface area contributed by atoms with Crippen molar-refractivity contribution in [3.8, 4) is 0 Å². The molecule has 0 saturated heterocycles. The van der Waals surface area contributed by atoms with Crippen molar-refractivity contribution in [3.05, 3.63) is 0 Å². The number of hydrogen-bond acceptors (Lipinski definition) is 15. The molecule has 0 aromatic carbocycles. The molecule has 0 aliphatic rings. The van der Waals surface area contributed by atoms with Crippen LogP contribution in [0.25, 0.3) is 0 Å². The van der Waals surface area contributed by atoms with E-state index in [2.05, 4.69) is 27.7 Å². The molecule has 0 bridgehead atoms. The zero-order chi connectivity index (χ0) is 68.2. The molecule has 0 rings (SSSR count). The lowest BCUT2D eigenvalue weighted by Gasteiger charge is -2.21. The Hall–Kier alpha value is -1.94. The first-order valence-corrected chi connectivity index (χ1v) is 41.8. The zero-order valence-corrected chi connectivity index (χ0v) is 62.0. The predicted molar refractivity (Wildman–Crippen MR) is 377 cm³/mol. The molecule has 0 fully saturated rings. The Morgan fingerprint density at radius 2 is 0.430 bits per heavy atom. The highest BCUT2D eigenvalue weighted by Gasteiger charge is 2.30. The molecule has 19 heteroatoms. The van der Waals surface area contributed by atoms with E-state index in [4.69, 9.17) is 37.0 Å². The quantitative estimate of drug-likeness (QED) is 0.0222. The van der Waals surface area contributed by atoms with Gasteiger partial charge in [0.05, 0.1) is 26.4 Å². The van der Waals surface area contributed by atoms with Crippen molar-refractivity contribution in [3.63, 3.8) is 0 Å². The summed E-state index contributed by atoms with van der Waals surface area (Å²) in [5.41, 5.74) is 0. The Morgan fingerprint density at radius 1 is 0.258 bits per heavy atom. The molecule has 0 heterocycles. The first-order chi connectivity index (χ1) is 45.2. The van der Waals surface area contributed by atoms with E-state index in [0.717, 1.165) is 89.9 Å². The van der Waals surface area contributed by atoms with E-state index in [1.165, 1.54) is 225 Å². The van der Waals surface area contributed by atoms with E-state index >= 15 is 0 Å². The van der Waals surface area contributed by atoms with Crippen LogP contribution in [0.3, 0.4) is 0 Å². The summed E-state index contributed by atoms with van der Waals surface area (Å²) in [6.45, 7) is 4.95. The smallest absolute Gasteiger partial charge is 0.462 e. The third-order valence-electron chi connectivity index (χ3n) is 17.4. The Kier molecular flexibility index (Phi) is 67.1. The number of carbonyl (C=O) groups is 4. The van der Waals surface area contributed by atoms with Gasteiger partial charge in [-0.05, 0) is 25.7 Å². The third kappa shape index (κ3) is 68.4. The van der Waals surface area contributed by atoms with E-state index < -0.39 is 97.5 Å². The maximum atomic E-state index is 13.1. The molecule has 0 aliphatic carbocycles. The first-order valence-electron chi connectivity index (χ1n) is 38.8. The number of esters is 4. The Bertz CT molecular complexity index is 1770. The summed E-state index contributed by atoms with van der Waals surface area (Å²) >= 11 is 0. The topological polar surface area (TPSA) is 237 Å². The fourth-order valence-electron chi connectivity index (χ4n) is 11.4. The highest BCUT2D eigenvalue weighted by Crippen LogP contribution is 2.45. The van der Waals surface area contributed by atoms with Crippen molar-refractivity contribution >= 4 is 39.5 Å². The molecule has 0 amide bonds. The summed E-state index contributed by atoms with van der Waals surface area (Å²) in [4.78, 5) is 72.6. The fourth-order valence-corrected chi connectivity index (χ4v) is 13.0. The van der Waals surface area contributed by atoms with Crippen LogP contribution in [0, 0.1) is 0 Å². The number of aliphatic hydroxyl groups excluding tert-OH is 1. The van der Waals surface area contributed by atoms with Gasteiger partial charge >= 0.3 is 39.5 Å². The van der Waals surface area contributed by atoms with Crippen molar-refractivity contribution in [2.75, 3.05) is 39.6 Å². The van der Waals surface area contributed by atoms with Crippen molar-refractivity contribution in [2.45, 2.75) is 412 Å². The largest absolute Gasteiger partial charge is 0.472 e. The number of aliphatic hydroxyl groups is 1. The number of phosphoric acid groups is 2. The maximum absolute atomic E-state index is 13.1. The molecule has 3 N–H and O–H groups in total. The Balaban J connectivity index is 5.20. The van der Waals surface area contributed by atoms with Gasteiger partial charge in [-0.3, -0.25) is 37.3 Å². The molecule has 0 spiro atoms. The van der Waals surface area contributed by atoms with Gasteiger partial charge in [0.15, 0.2) is 12.2 Å². The van der Waals surface area contributed by atoms with Gasteiger partial charge in [0.2, 0.25) is 0 Å². The number of ether oxygens (including phenoxy) is 4. The van der Waals surface area contributed by atoms with Gasteiger partial charge in [-0.15, -0.1) is 0 Å². The molecule has 552 valence electrons. The van der Waals surface area contributed by atoms with Crippen molar-refractivity contribution < 1.29 is 80.2 Å². The summed E-state index contributed by atoms with van der Waals surface area (Å²) in [5.74, 6) is -2.12. The van der Waals surface area contributed by atoms with Crippen LogP contribution in [0.4, 0.5) is 0 Å². The Morgan fingerprint density at radius 3 is 0.634 bits per heavy atom. The van der Waals surface area contributed by atoms with Gasteiger partial charge in [-0.2, -0.15) is 0 Å². The van der Waals surface area contributed by atoms with Crippen LogP contribution in [0.2, 0.25) is 0 Å². The lowest BCUT2D eigenvalue weighted by atomic mass is 10.0. The lowest BCUT2D eigenvalue weighted by molar-refractivity contribution is -0.161. The molecule has 5 atom stereocenters. The van der Waals surface area contributed by atoms with E-state index in [-0.39, 0.29) is 25.7 Å². The molecule has 0 radical (unpaired) electrons. The molecule has 0 aliphatic heterocycles. The first kappa shape index (κ1) is 91.1. The van der Waals surface area contributed by atoms with Crippen LogP contribution in [-0.2, 0) is 65.4 Å². The fraction of sp³-hybridized carbons (Fsp3) is 0.946. The van der Waals surface area contributed by atoms with Crippen molar-refractivity contribution in [1.82, 2.24) is 0 Å². The average molecular weight is 1370 g/mol. The van der Waals surface area contributed by atoms with Crippen LogP contribution in [-0.4, -0.2) is 96.7 Å². The van der Waals surface area contributed by atoms with Crippen LogP contribution in [0.5, 0.6) is 0 Å². The van der Waals surface area contributed by atoms with E-state index in [9.17, 15) is 43.2 Å². The highest BCUT2D eigenvalue weighted by molar-refractivity contribution is 7.47. The normalized spacial score (nSPS) is 13.9. The second-order valence-electron chi connectivity index (χ2n) is 26.7.